The number of carbonyl (C=O) groups excluding carboxylic acids is 1. The summed E-state index contributed by atoms with van der Waals surface area (Å²) in [6, 6.07) is 7.11. The van der Waals surface area contributed by atoms with Crippen molar-refractivity contribution in [1.29, 1.82) is 0 Å². The van der Waals surface area contributed by atoms with Gasteiger partial charge in [-0.1, -0.05) is 23.8 Å². The number of halogens is 1. The average Bonchev–Trinajstić information content (AvgIpc) is 2.56. The van der Waals surface area contributed by atoms with Gasteiger partial charge in [0.2, 0.25) is 0 Å². The predicted octanol–water partition coefficient (Wildman–Crippen LogP) is 4.45. The fraction of sp³-hybridized carbons (Fsp3) is 0.526. The first kappa shape index (κ1) is 18.8. The average molecular weight is 351 g/mol. The minimum atomic E-state index is -0.302. The molecule has 0 aliphatic heterocycles. The maximum absolute atomic E-state index is 12.3. The second-order valence-corrected chi connectivity index (χ2v) is 7.13. The zero-order valence-electron chi connectivity index (χ0n) is 14.7. The number of nitrogens with zero attached hydrogens (tertiary/aromatic N) is 2. The molecule has 1 amide bonds. The van der Waals surface area contributed by atoms with Crippen molar-refractivity contribution in [3.05, 3.63) is 41.4 Å². The van der Waals surface area contributed by atoms with E-state index < -0.39 is 0 Å². The first-order valence-corrected chi connectivity index (χ1v) is 8.85. The van der Waals surface area contributed by atoms with Gasteiger partial charge in [0.15, 0.2) is 0 Å². The zero-order chi connectivity index (χ0) is 17.5. The van der Waals surface area contributed by atoms with Crippen molar-refractivity contribution in [1.82, 2.24) is 9.80 Å². The lowest BCUT2D eigenvalue weighted by atomic mass is 9.85. The van der Waals surface area contributed by atoms with Gasteiger partial charge in [-0.2, -0.15) is 0 Å². The van der Waals surface area contributed by atoms with Crippen LogP contribution in [0.1, 0.15) is 25.7 Å². The Hall–Kier alpha value is -1.52. The minimum absolute atomic E-state index is 0.253. The quantitative estimate of drug-likeness (QED) is 0.735. The lowest BCUT2D eigenvalue weighted by molar-refractivity contribution is 0.128. The van der Waals surface area contributed by atoms with Gasteiger partial charge in [0, 0.05) is 24.7 Å². The number of allylic oxidation sites excluding steroid dienone is 1. The van der Waals surface area contributed by atoms with E-state index in [0.717, 1.165) is 32.2 Å². The van der Waals surface area contributed by atoms with Crippen LogP contribution in [-0.4, -0.2) is 49.6 Å². The van der Waals surface area contributed by atoms with Gasteiger partial charge in [-0.15, -0.1) is 0 Å². The molecule has 24 heavy (non-hydrogen) atoms. The zero-order valence-corrected chi connectivity index (χ0v) is 15.5. The molecule has 1 saturated carbocycles. The highest BCUT2D eigenvalue weighted by molar-refractivity contribution is 6.30. The van der Waals surface area contributed by atoms with Crippen molar-refractivity contribution < 1.29 is 9.53 Å². The first-order chi connectivity index (χ1) is 11.5. The monoisotopic (exact) mass is 350 g/mol. The highest BCUT2D eigenvalue weighted by Gasteiger charge is 2.26. The molecule has 0 spiro atoms. The molecule has 1 fully saturated rings. The number of amides is 1. The van der Waals surface area contributed by atoms with Crippen LogP contribution in [0.15, 0.2) is 36.4 Å². The summed E-state index contributed by atoms with van der Waals surface area (Å²) in [7, 11) is 5.97. The van der Waals surface area contributed by atoms with Gasteiger partial charge >= 0.3 is 6.09 Å². The maximum atomic E-state index is 12.3. The molecule has 0 radical (unpaired) electrons. The Morgan fingerprint density at radius 3 is 2.38 bits per heavy atom. The Labute approximate surface area is 150 Å². The summed E-state index contributed by atoms with van der Waals surface area (Å²) in [6.07, 6.45) is 8.53. The van der Waals surface area contributed by atoms with Crippen LogP contribution in [0.4, 0.5) is 4.79 Å². The second-order valence-electron chi connectivity index (χ2n) is 6.69. The third-order valence-electron chi connectivity index (χ3n) is 4.47. The Morgan fingerprint density at radius 2 is 1.79 bits per heavy atom. The molecule has 0 bridgehead atoms. The molecule has 132 valence electrons. The molecular weight excluding hydrogens is 324 g/mol. The van der Waals surface area contributed by atoms with E-state index in [-0.39, 0.29) is 12.1 Å². The summed E-state index contributed by atoms with van der Waals surface area (Å²) in [6.45, 7) is 0.979. The fourth-order valence-electron chi connectivity index (χ4n) is 2.97. The summed E-state index contributed by atoms with van der Waals surface area (Å²) in [5.41, 5.74) is 0. The summed E-state index contributed by atoms with van der Waals surface area (Å²) in [4.78, 5) is 16.2. The summed E-state index contributed by atoms with van der Waals surface area (Å²) < 4.78 is 5.41. The number of likely N-dealkylation sites (N-methyl/N-ethyl adjacent to an activating group) is 1. The van der Waals surface area contributed by atoms with Crippen LogP contribution in [0.5, 0.6) is 5.75 Å². The van der Waals surface area contributed by atoms with Crippen LogP contribution >= 0.6 is 11.6 Å². The molecule has 0 atom stereocenters. The van der Waals surface area contributed by atoms with Gasteiger partial charge in [0.25, 0.3) is 0 Å². The highest BCUT2D eigenvalue weighted by Crippen LogP contribution is 2.28. The summed E-state index contributed by atoms with van der Waals surface area (Å²) in [5, 5.41) is 0.629. The molecule has 1 aliphatic carbocycles. The van der Waals surface area contributed by atoms with Crippen molar-refractivity contribution >= 4 is 17.7 Å². The topological polar surface area (TPSA) is 32.8 Å². The van der Waals surface area contributed by atoms with E-state index in [1.54, 1.807) is 29.2 Å². The van der Waals surface area contributed by atoms with Crippen molar-refractivity contribution in [3.8, 4) is 5.75 Å². The summed E-state index contributed by atoms with van der Waals surface area (Å²) in [5.74, 6) is 1.15. The Balaban J connectivity index is 1.79. The van der Waals surface area contributed by atoms with Crippen LogP contribution in [0.3, 0.4) is 0 Å². The smallest absolute Gasteiger partial charge is 0.410 e. The second kappa shape index (κ2) is 9.09. The Bertz CT molecular complexity index is 549. The van der Waals surface area contributed by atoms with Gasteiger partial charge in [0.05, 0.1) is 0 Å². The largest absolute Gasteiger partial charge is 0.415 e. The molecule has 0 N–H and O–H groups in total. The van der Waals surface area contributed by atoms with E-state index >= 15 is 0 Å². The minimum Gasteiger partial charge on any atom is -0.410 e. The molecule has 5 heteroatoms. The van der Waals surface area contributed by atoms with Crippen LogP contribution < -0.4 is 4.74 Å². The SMILES string of the molecule is CN(C)C/C=C/[C@H]1CC[C@H](N(C)C(=O)Oc2ccc(Cl)cc2)CC1. The van der Waals surface area contributed by atoms with Gasteiger partial charge in [-0.25, -0.2) is 4.79 Å². The van der Waals surface area contributed by atoms with Gasteiger partial charge in [-0.3, -0.25) is 0 Å². The van der Waals surface area contributed by atoms with Gasteiger partial charge < -0.3 is 14.5 Å². The number of hydrogen-bond donors (Lipinski definition) is 0. The van der Waals surface area contributed by atoms with E-state index in [9.17, 15) is 4.79 Å². The van der Waals surface area contributed by atoms with Crippen LogP contribution in [0.25, 0.3) is 0 Å². The van der Waals surface area contributed by atoms with E-state index in [1.165, 1.54) is 0 Å². The molecule has 0 saturated heterocycles. The number of hydrogen-bond acceptors (Lipinski definition) is 3. The first-order valence-electron chi connectivity index (χ1n) is 8.47. The molecule has 1 aromatic carbocycles. The number of benzene rings is 1. The number of carbonyl (C=O) groups is 1. The highest BCUT2D eigenvalue weighted by atomic mass is 35.5. The van der Waals surface area contributed by atoms with E-state index in [2.05, 4.69) is 31.1 Å². The summed E-state index contributed by atoms with van der Waals surface area (Å²) >= 11 is 5.84. The predicted molar refractivity (Wildman–Crippen MR) is 98.7 cm³/mol. The van der Waals surface area contributed by atoms with E-state index in [0.29, 0.717) is 16.7 Å². The molecule has 4 nitrogen and oxygen atoms in total. The third kappa shape index (κ3) is 5.84. The van der Waals surface area contributed by atoms with Crippen molar-refractivity contribution in [2.24, 2.45) is 5.92 Å². The molecule has 0 aromatic heterocycles. The molecule has 2 rings (SSSR count). The lowest BCUT2D eigenvalue weighted by Gasteiger charge is -2.33. The maximum Gasteiger partial charge on any atom is 0.415 e. The molecule has 0 heterocycles. The third-order valence-corrected chi connectivity index (χ3v) is 4.73. The number of ether oxygens (including phenoxy) is 1. The molecule has 1 aromatic rings. The van der Waals surface area contributed by atoms with E-state index in [4.69, 9.17) is 16.3 Å². The Morgan fingerprint density at radius 1 is 1.17 bits per heavy atom. The van der Waals surface area contributed by atoms with Crippen molar-refractivity contribution in [3.63, 3.8) is 0 Å². The standard InChI is InChI=1S/C19H27ClN2O2/c1-21(2)14-4-5-15-6-10-17(11-7-15)22(3)19(23)24-18-12-8-16(20)9-13-18/h4-5,8-9,12-13,15,17H,6-7,10-11,14H2,1-3H3/b5-4+/t15-,17-. The normalized spacial score (nSPS) is 21.2. The van der Waals surface area contributed by atoms with Crippen LogP contribution in [-0.2, 0) is 0 Å². The molecular formula is C19H27ClN2O2. The fourth-order valence-corrected chi connectivity index (χ4v) is 3.10. The van der Waals surface area contributed by atoms with Gasteiger partial charge in [-0.05, 0) is 70.0 Å². The van der Waals surface area contributed by atoms with Crippen LogP contribution in [0, 0.1) is 5.92 Å². The molecule has 0 unspecified atom stereocenters. The van der Waals surface area contributed by atoms with Crippen LogP contribution in [0.2, 0.25) is 5.02 Å². The van der Waals surface area contributed by atoms with Crippen molar-refractivity contribution in [2.45, 2.75) is 31.7 Å². The number of rotatable bonds is 5. The van der Waals surface area contributed by atoms with E-state index in [1.807, 2.05) is 7.05 Å². The molecule has 1 aliphatic rings. The lowest BCUT2D eigenvalue weighted by Crippen LogP contribution is -2.40. The van der Waals surface area contributed by atoms with Crippen molar-refractivity contribution in [2.75, 3.05) is 27.7 Å². The Kier molecular flexibility index (Phi) is 7.13. The van der Waals surface area contributed by atoms with Gasteiger partial charge in [0.1, 0.15) is 5.75 Å².